The Kier molecular flexibility index (Phi) is 5.81. The second kappa shape index (κ2) is 6.93. The molecule has 0 amide bonds. The molecule has 0 radical (unpaired) electrons. The summed E-state index contributed by atoms with van der Waals surface area (Å²) < 4.78 is 0. The van der Waals surface area contributed by atoms with Crippen LogP contribution in [0.1, 0.15) is 60.3 Å². The topological polar surface area (TPSA) is 17.1 Å². The molecule has 1 heteroatoms. The van der Waals surface area contributed by atoms with Gasteiger partial charge in [-0.15, -0.1) is 6.42 Å². The fraction of sp³-hybridized carbons (Fsp3) is 0.632. The molecular formula is C19H28O. The average molecular weight is 272 g/mol. The molecule has 1 aliphatic carbocycles. The van der Waals surface area contributed by atoms with E-state index in [1.807, 2.05) is 13.0 Å². The minimum absolute atomic E-state index is 0.120. The van der Waals surface area contributed by atoms with E-state index in [1.165, 1.54) is 6.42 Å². The van der Waals surface area contributed by atoms with Crippen molar-refractivity contribution < 1.29 is 4.79 Å². The largest absolute Gasteiger partial charge is 0.290 e. The Labute approximate surface area is 124 Å². The average Bonchev–Trinajstić information content (AvgIpc) is 2.41. The zero-order valence-electron chi connectivity index (χ0n) is 13.6. The van der Waals surface area contributed by atoms with Crippen LogP contribution in [-0.2, 0) is 4.79 Å². The van der Waals surface area contributed by atoms with Gasteiger partial charge in [0.05, 0.1) is 5.41 Å². The maximum Gasteiger partial charge on any atom is 0.181 e. The summed E-state index contributed by atoms with van der Waals surface area (Å²) in [4.78, 5) is 12.0. The summed E-state index contributed by atoms with van der Waals surface area (Å²) in [6.45, 7) is 10.7. The van der Waals surface area contributed by atoms with Crippen LogP contribution in [0, 0.1) is 29.6 Å². The van der Waals surface area contributed by atoms with Gasteiger partial charge in [-0.3, -0.25) is 4.79 Å². The highest BCUT2D eigenvalue weighted by Gasteiger charge is 2.36. The third kappa shape index (κ3) is 3.63. The first-order valence-electron chi connectivity index (χ1n) is 7.80. The second-order valence-electron chi connectivity index (χ2n) is 6.50. The molecule has 110 valence electrons. The van der Waals surface area contributed by atoms with E-state index in [9.17, 15) is 4.79 Å². The van der Waals surface area contributed by atoms with Gasteiger partial charge in [0, 0.05) is 0 Å². The molecule has 1 nitrogen and oxygen atoms in total. The maximum absolute atomic E-state index is 12.0. The molecule has 0 N–H and O–H groups in total. The van der Waals surface area contributed by atoms with Crippen molar-refractivity contribution in [3.63, 3.8) is 0 Å². The Morgan fingerprint density at radius 2 is 2.00 bits per heavy atom. The zero-order valence-corrected chi connectivity index (χ0v) is 13.6. The first kappa shape index (κ1) is 16.8. The van der Waals surface area contributed by atoms with Crippen molar-refractivity contribution in [3.05, 3.63) is 23.3 Å². The summed E-state index contributed by atoms with van der Waals surface area (Å²) >= 11 is 0. The highest BCUT2D eigenvalue weighted by atomic mass is 16.1. The number of ketones is 1. The van der Waals surface area contributed by atoms with Crippen molar-refractivity contribution in [2.45, 2.75) is 60.3 Å². The molecule has 0 saturated carbocycles. The van der Waals surface area contributed by atoms with E-state index >= 15 is 0 Å². The summed E-state index contributed by atoms with van der Waals surface area (Å²) in [5, 5.41) is 0. The standard InChI is InChI=1S/C19H28O/c1-7-15(5)17-12-18(20)16(6)13-19(17,8-2)11-9-10-14(3)4/h2,12-15H,7,9-11H2,1,3-6H3/t15-,19-/m0/s1. The van der Waals surface area contributed by atoms with Gasteiger partial charge in [-0.25, -0.2) is 0 Å². The van der Waals surface area contributed by atoms with E-state index in [2.05, 4.69) is 33.6 Å². The normalized spacial score (nSPS) is 24.1. The van der Waals surface area contributed by atoms with E-state index in [-0.39, 0.29) is 11.2 Å². The number of carbonyl (C=O) groups is 1. The first-order valence-corrected chi connectivity index (χ1v) is 7.80. The lowest BCUT2D eigenvalue weighted by atomic mass is 9.67. The number of hydrogen-bond donors (Lipinski definition) is 0. The van der Waals surface area contributed by atoms with Crippen LogP contribution in [0.4, 0.5) is 0 Å². The molecule has 0 aromatic rings. The predicted molar refractivity (Wildman–Crippen MR) is 86.3 cm³/mol. The van der Waals surface area contributed by atoms with Crippen LogP contribution in [-0.4, -0.2) is 5.78 Å². The number of terminal acetylenes is 1. The monoisotopic (exact) mass is 272 g/mol. The van der Waals surface area contributed by atoms with Gasteiger partial charge in [0.1, 0.15) is 0 Å². The Hall–Kier alpha value is -1.29. The summed E-state index contributed by atoms with van der Waals surface area (Å²) in [5.41, 5.74) is 1.59. The molecule has 0 spiro atoms. The Bertz CT molecular complexity index is 459. The van der Waals surface area contributed by atoms with E-state index < -0.39 is 0 Å². The molecule has 20 heavy (non-hydrogen) atoms. The number of carbonyl (C=O) groups excluding carboxylic acids is 1. The SMILES string of the molecule is C#C[C@]1(CCCC(C)C)C=C(C)C(=O)C=C1[C@@H](C)CC. The minimum atomic E-state index is -0.345. The number of hydrogen-bond acceptors (Lipinski definition) is 1. The lowest BCUT2D eigenvalue weighted by Crippen LogP contribution is -2.28. The Balaban J connectivity index is 3.07. The van der Waals surface area contributed by atoms with Crippen molar-refractivity contribution >= 4 is 5.78 Å². The van der Waals surface area contributed by atoms with Crippen LogP contribution in [0.3, 0.4) is 0 Å². The van der Waals surface area contributed by atoms with E-state index in [1.54, 1.807) is 6.08 Å². The van der Waals surface area contributed by atoms with Crippen molar-refractivity contribution in [2.75, 3.05) is 0 Å². The maximum atomic E-state index is 12.0. The third-order valence-corrected chi connectivity index (χ3v) is 4.41. The summed E-state index contributed by atoms with van der Waals surface area (Å²) in [7, 11) is 0. The molecule has 0 saturated heterocycles. The van der Waals surface area contributed by atoms with Gasteiger partial charge >= 0.3 is 0 Å². The molecule has 1 rings (SSSR count). The van der Waals surface area contributed by atoms with Gasteiger partial charge in [0.2, 0.25) is 0 Å². The van der Waals surface area contributed by atoms with E-state index in [0.29, 0.717) is 11.8 Å². The fourth-order valence-electron chi connectivity index (χ4n) is 2.91. The molecule has 0 bridgehead atoms. The quantitative estimate of drug-likeness (QED) is 0.626. The minimum Gasteiger partial charge on any atom is -0.290 e. The highest BCUT2D eigenvalue weighted by Crippen LogP contribution is 2.43. The smallest absolute Gasteiger partial charge is 0.181 e. The predicted octanol–water partition coefficient (Wildman–Crippen LogP) is 4.93. The van der Waals surface area contributed by atoms with Crippen LogP contribution in [0.25, 0.3) is 0 Å². The van der Waals surface area contributed by atoms with E-state index in [4.69, 9.17) is 6.42 Å². The molecule has 2 atom stereocenters. The number of allylic oxidation sites excluding steroid dienone is 4. The third-order valence-electron chi connectivity index (χ3n) is 4.41. The Morgan fingerprint density at radius 1 is 1.35 bits per heavy atom. The molecule has 0 aliphatic heterocycles. The van der Waals surface area contributed by atoms with Crippen molar-refractivity contribution in [1.82, 2.24) is 0 Å². The molecule has 0 aromatic heterocycles. The van der Waals surface area contributed by atoms with Gasteiger partial charge in [0.15, 0.2) is 5.78 Å². The molecule has 0 unspecified atom stereocenters. The highest BCUT2D eigenvalue weighted by molar-refractivity contribution is 6.05. The summed E-state index contributed by atoms with van der Waals surface area (Å²) in [6, 6.07) is 0. The van der Waals surface area contributed by atoms with Crippen molar-refractivity contribution in [2.24, 2.45) is 17.3 Å². The Morgan fingerprint density at radius 3 is 2.50 bits per heavy atom. The van der Waals surface area contributed by atoms with Crippen molar-refractivity contribution in [1.29, 1.82) is 0 Å². The second-order valence-corrected chi connectivity index (χ2v) is 6.50. The first-order chi connectivity index (χ1) is 9.36. The van der Waals surface area contributed by atoms with E-state index in [0.717, 1.165) is 30.4 Å². The van der Waals surface area contributed by atoms with Crippen LogP contribution in [0.5, 0.6) is 0 Å². The molecule has 0 aromatic carbocycles. The van der Waals surface area contributed by atoms with Gasteiger partial charge in [-0.1, -0.05) is 52.5 Å². The lowest BCUT2D eigenvalue weighted by Gasteiger charge is -2.35. The van der Waals surface area contributed by atoms with Gasteiger partial charge in [-0.2, -0.15) is 0 Å². The lowest BCUT2D eigenvalue weighted by molar-refractivity contribution is -0.111. The van der Waals surface area contributed by atoms with Gasteiger partial charge in [-0.05, 0) is 48.8 Å². The summed E-state index contributed by atoms with van der Waals surface area (Å²) in [5.74, 6) is 4.18. The molecule has 0 heterocycles. The molecule has 1 aliphatic rings. The van der Waals surface area contributed by atoms with Gasteiger partial charge in [0.25, 0.3) is 0 Å². The van der Waals surface area contributed by atoms with Crippen LogP contribution < -0.4 is 0 Å². The zero-order chi connectivity index (χ0) is 15.3. The van der Waals surface area contributed by atoms with Crippen LogP contribution in [0.2, 0.25) is 0 Å². The number of rotatable bonds is 6. The summed E-state index contributed by atoms with van der Waals surface area (Å²) in [6.07, 6.45) is 14.0. The van der Waals surface area contributed by atoms with Crippen LogP contribution >= 0.6 is 0 Å². The van der Waals surface area contributed by atoms with Crippen LogP contribution in [0.15, 0.2) is 23.3 Å². The van der Waals surface area contributed by atoms with Crippen molar-refractivity contribution in [3.8, 4) is 12.3 Å². The fourth-order valence-corrected chi connectivity index (χ4v) is 2.91. The van der Waals surface area contributed by atoms with Gasteiger partial charge < -0.3 is 0 Å². The molecular weight excluding hydrogens is 244 g/mol. The molecule has 0 fully saturated rings.